The molecule has 0 spiro atoms. The summed E-state index contributed by atoms with van der Waals surface area (Å²) in [5.74, 6) is 5.92. The van der Waals surface area contributed by atoms with E-state index in [4.69, 9.17) is 24.4 Å². The van der Waals surface area contributed by atoms with Crippen LogP contribution in [0.5, 0.6) is 0 Å². The fourth-order valence-corrected chi connectivity index (χ4v) is 12.2. The van der Waals surface area contributed by atoms with Gasteiger partial charge in [0.2, 0.25) is 16.1 Å². The molecule has 4 aromatic rings. The number of piperazine rings is 1. The Bertz CT molecular complexity index is 2880. The molecule has 1 amide bonds. The maximum absolute atomic E-state index is 14.6. The first-order valence-electron chi connectivity index (χ1n) is 23.1. The third-order valence-electron chi connectivity index (χ3n) is 12.5. The summed E-state index contributed by atoms with van der Waals surface area (Å²) in [7, 11) is -6.52. The predicted molar refractivity (Wildman–Crippen MR) is 263 cm³/mol. The van der Waals surface area contributed by atoms with Gasteiger partial charge in [-0.15, -0.1) is 0 Å². The van der Waals surface area contributed by atoms with Crippen LogP contribution in [0.4, 0.5) is 10.5 Å². The summed E-state index contributed by atoms with van der Waals surface area (Å²) in [6, 6.07) is 23.3. The fourth-order valence-electron chi connectivity index (χ4n) is 9.04. The molecule has 23 heteroatoms. The second kappa shape index (κ2) is 22.3. The summed E-state index contributed by atoms with van der Waals surface area (Å²) < 4.78 is 57.3. The molecular formula is C48H58N9O12PS. The van der Waals surface area contributed by atoms with Gasteiger partial charge in [0, 0.05) is 81.3 Å². The van der Waals surface area contributed by atoms with Crippen molar-refractivity contribution in [2.45, 2.75) is 82.2 Å². The molecule has 3 aromatic carbocycles. The van der Waals surface area contributed by atoms with Crippen molar-refractivity contribution in [1.29, 1.82) is 5.26 Å². The van der Waals surface area contributed by atoms with E-state index in [1.165, 1.54) is 6.20 Å². The number of carbonyl (C=O) groups excluding carboxylic acids is 1. The number of benzene rings is 3. The third kappa shape index (κ3) is 11.4. The van der Waals surface area contributed by atoms with Crippen LogP contribution in [0.2, 0.25) is 0 Å². The minimum Gasteiger partial charge on any atom is -0.505 e. The number of nitrogens with two attached hydrogens (primary N) is 1. The molecule has 3 atom stereocenters. The number of ether oxygens (including phenoxy) is 2. The maximum Gasteiger partial charge on any atom is 0.409 e. The van der Waals surface area contributed by atoms with Gasteiger partial charge in [-0.05, 0) is 68.5 Å². The third-order valence-corrected chi connectivity index (χ3v) is 16.4. The summed E-state index contributed by atoms with van der Waals surface area (Å²) in [6.45, 7) is 9.79. The molecule has 1 aromatic heterocycles. The van der Waals surface area contributed by atoms with Crippen LogP contribution in [-0.4, -0.2) is 124 Å². The number of aliphatic hydroxyl groups is 1. The van der Waals surface area contributed by atoms with Crippen molar-refractivity contribution in [2.75, 3.05) is 52.5 Å². The van der Waals surface area contributed by atoms with E-state index in [-0.39, 0.29) is 98.0 Å². The summed E-state index contributed by atoms with van der Waals surface area (Å²) >= 11 is 0. The molecule has 71 heavy (non-hydrogen) atoms. The lowest BCUT2D eigenvalue weighted by Gasteiger charge is -2.39. The van der Waals surface area contributed by atoms with Gasteiger partial charge < -0.3 is 33.5 Å². The summed E-state index contributed by atoms with van der Waals surface area (Å²) in [4.78, 5) is 54.7. The molecule has 378 valence electrons. The molecule has 1 unspecified atom stereocenters. The van der Waals surface area contributed by atoms with Gasteiger partial charge in [0.05, 0.1) is 40.4 Å². The number of amides is 1. The van der Waals surface area contributed by atoms with Crippen LogP contribution in [0.3, 0.4) is 0 Å². The smallest absolute Gasteiger partial charge is 0.409 e. The second-order valence-corrected chi connectivity index (χ2v) is 21.2. The monoisotopic (exact) mass is 1020 g/mol. The summed E-state index contributed by atoms with van der Waals surface area (Å²) in [6.07, 6.45) is 0.343. The molecule has 1 aliphatic carbocycles. The van der Waals surface area contributed by atoms with Crippen molar-refractivity contribution >= 4 is 30.1 Å². The number of H-pyrrole nitrogens is 1. The topological polar surface area (TPSA) is 269 Å². The maximum atomic E-state index is 14.6. The lowest BCUT2D eigenvalue weighted by atomic mass is 9.98. The Hall–Kier alpha value is -6.44. The number of rotatable bonds is 20. The Morgan fingerprint density at radius 3 is 2.21 bits per heavy atom. The lowest BCUT2D eigenvalue weighted by molar-refractivity contribution is -0.384. The van der Waals surface area contributed by atoms with Gasteiger partial charge in [0.1, 0.15) is 6.61 Å². The van der Waals surface area contributed by atoms with Crippen LogP contribution in [0, 0.1) is 21.4 Å². The number of carbonyl (C=O) groups is 1. The second-order valence-electron chi connectivity index (χ2n) is 17.8. The number of hydrogen-bond donors (Lipinski definition) is 3. The molecule has 4 N–H and O–H groups in total. The highest BCUT2D eigenvalue weighted by atomic mass is 32.2. The van der Waals surface area contributed by atoms with Crippen LogP contribution < -0.4 is 17.1 Å². The number of nitrogens with zero attached hydrogens (tertiary/aromatic N) is 7. The number of aromatic amines is 1. The first kappa shape index (κ1) is 52.4. The molecular weight excluding hydrogens is 958 g/mol. The quantitative estimate of drug-likeness (QED) is 0.0290. The van der Waals surface area contributed by atoms with Crippen molar-refractivity contribution < 1.29 is 41.8 Å². The largest absolute Gasteiger partial charge is 0.505 e. The van der Waals surface area contributed by atoms with Gasteiger partial charge in [-0.3, -0.25) is 29.4 Å². The number of hydrogen-bond acceptors (Lipinski definition) is 17. The number of aromatic nitrogens is 2. The highest BCUT2D eigenvalue weighted by Crippen LogP contribution is 2.54. The average Bonchev–Trinajstić information content (AvgIpc) is 3.80. The van der Waals surface area contributed by atoms with E-state index in [0.29, 0.717) is 0 Å². The normalized spacial score (nSPS) is 19.0. The van der Waals surface area contributed by atoms with Crippen molar-refractivity contribution in [2.24, 2.45) is 5.84 Å². The minimum atomic E-state index is -4.44. The zero-order valence-electron chi connectivity index (χ0n) is 40.0. The van der Waals surface area contributed by atoms with E-state index >= 15 is 0 Å². The molecule has 3 heterocycles. The van der Waals surface area contributed by atoms with Gasteiger partial charge in [-0.2, -0.15) is 5.26 Å². The molecule has 1 fully saturated rings. The number of aliphatic hydroxyl groups excluding tert-OH is 1. The molecule has 7 rings (SSSR count). The van der Waals surface area contributed by atoms with Gasteiger partial charge >= 0.3 is 20.3 Å². The molecule has 0 bridgehead atoms. The highest BCUT2D eigenvalue weighted by Gasteiger charge is 2.52. The SMILES string of the molecule is CC[C@]1(CN(N)/C=C(/CN2CCN(C(=O)OCC3c4ccccc4-c4ccccc43)CC2)S(=O)(=O)c2ccc([N+](=O)[O-])cc2)O[C@@H](n2ccc(=O)[nH]c2=O)C(O)=C1OP(OCCC#N)N(C(C)C)C(C)C. The van der Waals surface area contributed by atoms with E-state index in [2.05, 4.69) is 17.1 Å². The first-order chi connectivity index (χ1) is 33.9. The van der Waals surface area contributed by atoms with Crippen molar-refractivity contribution in [3.63, 3.8) is 0 Å². The Balaban J connectivity index is 1.16. The number of nitro groups is 1. The molecule has 2 aliphatic heterocycles. The Morgan fingerprint density at radius 1 is 1.03 bits per heavy atom. The van der Waals surface area contributed by atoms with Gasteiger partial charge in [-0.25, -0.2) is 28.5 Å². The predicted octanol–water partition coefficient (Wildman–Crippen LogP) is 6.24. The standard InChI is InChI=1S/C48H58N9O12PS/c1-6-48(44(43(59)45(68-48)55-22-20-42(58)51-46(55)60)69-70(67-27-11-21-49)56(32(2)3)33(4)5)31-54(50)29-36(71(64,65)35-18-16-34(17-19-35)57(62)63)28-52-23-25-53(26-24-52)47(61)66-30-41-39-14-9-7-12-37(39)38-13-8-10-15-40(38)41/h7-10,12-20,22,29,32-33,41,45,59H,6,11,23-28,30-31,50H2,1-5H3,(H,51,58,60)/b36-29-/t45-,48-,70?/m1/s1. The van der Waals surface area contributed by atoms with E-state index in [0.717, 1.165) is 68.4 Å². The molecule has 1 saturated heterocycles. The van der Waals surface area contributed by atoms with Crippen molar-refractivity contribution in [3.8, 4) is 17.2 Å². The van der Waals surface area contributed by atoms with E-state index in [1.54, 1.807) is 11.8 Å². The number of fused-ring (bicyclic) bond motifs is 3. The highest BCUT2D eigenvalue weighted by molar-refractivity contribution is 7.95. The first-order valence-corrected chi connectivity index (χ1v) is 25.7. The van der Waals surface area contributed by atoms with Gasteiger partial charge in [-0.1, -0.05) is 55.5 Å². The Kier molecular flexibility index (Phi) is 16.5. The number of sulfone groups is 1. The number of nitro benzene ring substituents is 1. The van der Waals surface area contributed by atoms with Crippen LogP contribution in [0.1, 0.15) is 70.7 Å². The molecule has 0 saturated carbocycles. The van der Waals surface area contributed by atoms with Gasteiger partial charge in [0.15, 0.2) is 17.1 Å². The van der Waals surface area contributed by atoms with Crippen LogP contribution in [0.15, 0.2) is 122 Å². The number of hydrazine groups is 1. The zero-order chi connectivity index (χ0) is 51.2. The number of nitrogens with one attached hydrogen (secondary N) is 1. The van der Waals surface area contributed by atoms with Crippen molar-refractivity contribution in [3.05, 3.63) is 150 Å². The van der Waals surface area contributed by atoms with E-state index in [1.807, 2.05) is 79.7 Å². The zero-order valence-corrected chi connectivity index (χ0v) is 41.8. The van der Waals surface area contributed by atoms with Crippen LogP contribution in [-0.2, 0) is 28.4 Å². The fraction of sp³-hybridized carbons (Fsp3) is 0.417. The Labute approximate surface area is 412 Å². The lowest BCUT2D eigenvalue weighted by Crippen LogP contribution is -2.50. The molecule has 3 aliphatic rings. The molecule has 0 radical (unpaired) electrons. The van der Waals surface area contributed by atoms with Crippen LogP contribution in [0.25, 0.3) is 11.1 Å². The summed E-state index contributed by atoms with van der Waals surface area (Å²) in [5.41, 5.74) is 0.728. The summed E-state index contributed by atoms with van der Waals surface area (Å²) in [5, 5.41) is 33.9. The van der Waals surface area contributed by atoms with Crippen LogP contribution >= 0.6 is 8.53 Å². The minimum absolute atomic E-state index is 0.0233. The number of non-ortho nitro benzene ring substituents is 1. The van der Waals surface area contributed by atoms with E-state index < -0.39 is 64.8 Å². The van der Waals surface area contributed by atoms with E-state index in [9.17, 15) is 43.3 Å². The Morgan fingerprint density at radius 2 is 1.65 bits per heavy atom. The average molecular weight is 1020 g/mol. The van der Waals surface area contributed by atoms with Crippen molar-refractivity contribution in [1.82, 2.24) is 29.0 Å². The molecule has 21 nitrogen and oxygen atoms in total. The van der Waals surface area contributed by atoms with Gasteiger partial charge in [0.25, 0.3) is 11.2 Å². The number of nitriles is 1.